The summed E-state index contributed by atoms with van der Waals surface area (Å²) >= 11 is 0. The lowest BCUT2D eigenvalue weighted by molar-refractivity contribution is -0.355. The normalized spacial score (nSPS) is 14.1. The second-order valence-electron chi connectivity index (χ2n) is 3.91. The largest absolute Gasteiger partial charge is 0.459 e. The van der Waals surface area contributed by atoms with E-state index in [1.165, 1.54) is 0 Å². The van der Waals surface area contributed by atoms with Crippen LogP contribution in [0.3, 0.4) is 0 Å². The molecule has 0 radical (unpaired) electrons. The maximum atomic E-state index is 12.8. The van der Waals surface area contributed by atoms with Gasteiger partial charge in [0.25, 0.3) is 10.1 Å². The highest BCUT2D eigenvalue weighted by molar-refractivity contribution is 7.85. The van der Waals surface area contributed by atoms with Crippen molar-refractivity contribution in [3.8, 4) is 0 Å². The molecule has 0 saturated carbocycles. The summed E-state index contributed by atoms with van der Waals surface area (Å²) in [6.45, 7) is -0.709. The van der Waals surface area contributed by atoms with Crippen molar-refractivity contribution < 1.29 is 48.5 Å². The second kappa shape index (κ2) is 6.34. The van der Waals surface area contributed by atoms with Gasteiger partial charge in [0.05, 0.1) is 5.75 Å². The summed E-state index contributed by atoms with van der Waals surface area (Å²) < 4.78 is 114. The lowest BCUT2D eigenvalue weighted by Crippen LogP contribution is -2.52. The van der Waals surface area contributed by atoms with Crippen molar-refractivity contribution in [1.82, 2.24) is 5.32 Å². The van der Waals surface area contributed by atoms with Crippen molar-refractivity contribution in [1.29, 1.82) is 0 Å². The standard InChI is InChI=1S/C8H10F7NO4S/c9-6(10,7(11,12)8(13,14)15)2-1-5(17)16-3-4-21(18,19)20/h1-4H2,(H,16,17)(H,18,19,20). The van der Waals surface area contributed by atoms with E-state index < -0.39 is 59.2 Å². The Morgan fingerprint density at radius 2 is 1.52 bits per heavy atom. The van der Waals surface area contributed by atoms with Gasteiger partial charge in [-0.25, -0.2) is 0 Å². The highest BCUT2D eigenvalue weighted by atomic mass is 32.2. The van der Waals surface area contributed by atoms with Crippen molar-refractivity contribution in [3.63, 3.8) is 0 Å². The monoisotopic (exact) mass is 349 g/mol. The maximum absolute atomic E-state index is 12.8. The van der Waals surface area contributed by atoms with E-state index in [0.717, 1.165) is 0 Å². The van der Waals surface area contributed by atoms with Crippen LogP contribution in [-0.2, 0) is 14.9 Å². The van der Waals surface area contributed by atoms with E-state index in [-0.39, 0.29) is 0 Å². The molecule has 21 heavy (non-hydrogen) atoms. The van der Waals surface area contributed by atoms with Gasteiger partial charge in [0.2, 0.25) is 5.91 Å². The van der Waals surface area contributed by atoms with Gasteiger partial charge < -0.3 is 5.32 Å². The van der Waals surface area contributed by atoms with Gasteiger partial charge in [-0.2, -0.15) is 39.2 Å². The van der Waals surface area contributed by atoms with Gasteiger partial charge in [-0.15, -0.1) is 0 Å². The SMILES string of the molecule is O=C(CCC(F)(F)C(F)(F)C(F)(F)F)NCCS(=O)(=O)O. The minimum atomic E-state index is -6.47. The highest BCUT2D eigenvalue weighted by Crippen LogP contribution is 2.48. The summed E-state index contributed by atoms with van der Waals surface area (Å²) in [4.78, 5) is 10.9. The molecular weight excluding hydrogens is 339 g/mol. The fraction of sp³-hybridized carbons (Fsp3) is 0.875. The molecule has 0 bridgehead atoms. The molecule has 0 aromatic rings. The second-order valence-corrected chi connectivity index (χ2v) is 5.48. The van der Waals surface area contributed by atoms with Crippen LogP contribution in [0.4, 0.5) is 30.7 Å². The molecule has 0 aromatic heterocycles. The van der Waals surface area contributed by atoms with Crippen molar-refractivity contribution in [2.45, 2.75) is 30.9 Å². The van der Waals surface area contributed by atoms with Gasteiger partial charge in [-0.3, -0.25) is 9.35 Å². The molecule has 0 aliphatic rings. The van der Waals surface area contributed by atoms with E-state index in [1.54, 1.807) is 5.32 Å². The summed E-state index contributed by atoms with van der Waals surface area (Å²) in [5.41, 5.74) is 0. The Morgan fingerprint density at radius 3 is 1.90 bits per heavy atom. The lowest BCUT2D eigenvalue weighted by Gasteiger charge is -2.27. The first kappa shape index (κ1) is 19.9. The first-order valence-corrected chi connectivity index (χ1v) is 6.75. The molecule has 1 amide bonds. The number of alkyl halides is 7. The van der Waals surface area contributed by atoms with Gasteiger partial charge in [0, 0.05) is 19.4 Å². The fourth-order valence-electron chi connectivity index (χ4n) is 1.04. The number of hydrogen-bond acceptors (Lipinski definition) is 3. The Balaban J connectivity index is 4.47. The van der Waals surface area contributed by atoms with Gasteiger partial charge in [-0.1, -0.05) is 0 Å². The van der Waals surface area contributed by atoms with E-state index in [9.17, 15) is 43.9 Å². The summed E-state index contributed by atoms with van der Waals surface area (Å²) in [5.74, 6) is -14.1. The zero-order chi connectivity index (χ0) is 17.1. The molecule has 5 nitrogen and oxygen atoms in total. The average Bonchev–Trinajstić information content (AvgIpc) is 2.23. The fourth-order valence-corrected chi connectivity index (χ4v) is 1.40. The number of carbonyl (C=O) groups is 1. The Morgan fingerprint density at radius 1 is 1.05 bits per heavy atom. The molecule has 0 aromatic carbocycles. The van der Waals surface area contributed by atoms with Crippen molar-refractivity contribution >= 4 is 16.0 Å². The predicted molar refractivity (Wildman–Crippen MR) is 54.6 cm³/mol. The number of carbonyl (C=O) groups excluding carboxylic acids is 1. The minimum absolute atomic E-state index is 0.709. The molecule has 13 heteroatoms. The summed E-state index contributed by atoms with van der Waals surface area (Å²) in [6, 6.07) is 0. The summed E-state index contributed by atoms with van der Waals surface area (Å²) in [7, 11) is -4.44. The molecule has 0 aliphatic carbocycles. The zero-order valence-electron chi connectivity index (χ0n) is 10.1. The third kappa shape index (κ3) is 6.03. The number of rotatable bonds is 7. The Labute approximate surface area is 114 Å². The lowest BCUT2D eigenvalue weighted by atomic mass is 10.1. The third-order valence-corrected chi connectivity index (χ3v) is 2.88. The highest BCUT2D eigenvalue weighted by Gasteiger charge is 2.72. The van der Waals surface area contributed by atoms with Crippen LogP contribution in [0.25, 0.3) is 0 Å². The van der Waals surface area contributed by atoms with Crippen LogP contribution < -0.4 is 5.32 Å². The quantitative estimate of drug-likeness (QED) is 0.540. The van der Waals surface area contributed by atoms with Crippen LogP contribution in [0.1, 0.15) is 12.8 Å². The maximum Gasteiger partial charge on any atom is 0.459 e. The molecule has 0 fully saturated rings. The first-order chi connectivity index (χ1) is 9.10. The van der Waals surface area contributed by atoms with Crippen LogP contribution in [0.5, 0.6) is 0 Å². The molecule has 0 rings (SSSR count). The van der Waals surface area contributed by atoms with Gasteiger partial charge in [0.15, 0.2) is 0 Å². The minimum Gasteiger partial charge on any atom is -0.355 e. The van der Waals surface area contributed by atoms with E-state index in [2.05, 4.69) is 0 Å². The van der Waals surface area contributed by atoms with Crippen LogP contribution in [-0.4, -0.2) is 49.2 Å². The Bertz CT molecular complexity index is 474. The molecule has 126 valence electrons. The smallest absolute Gasteiger partial charge is 0.355 e. The van der Waals surface area contributed by atoms with Gasteiger partial charge in [0.1, 0.15) is 0 Å². The van der Waals surface area contributed by atoms with E-state index in [0.29, 0.717) is 0 Å². The molecule has 0 aliphatic heterocycles. The molecule has 0 unspecified atom stereocenters. The van der Waals surface area contributed by atoms with E-state index >= 15 is 0 Å². The number of hydrogen-bond donors (Lipinski definition) is 2. The first-order valence-electron chi connectivity index (χ1n) is 5.14. The van der Waals surface area contributed by atoms with Crippen molar-refractivity contribution in [2.24, 2.45) is 0 Å². The van der Waals surface area contributed by atoms with Gasteiger partial charge in [-0.05, 0) is 0 Å². The van der Waals surface area contributed by atoms with E-state index in [4.69, 9.17) is 4.55 Å². The Hall–Kier alpha value is -1.11. The van der Waals surface area contributed by atoms with Crippen LogP contribution >= 0.6 is 0 Å². The number of amides is 1. The van der Waals surface area contributed by atoms with Crippen LogP contribution in [0.15, 0.2) is 0 Å². The third-order valence-electron chi connectivity index (χ3n) is 2.16. The molecular formula is C8H10F7NO4S. The molecule has 0 heterocycles. The van der Waals surface area contributed by atoms with E-state index in [1.807, 2.05) is 0 Å². The molecule has 0 spiro atoms. The zero-order valence-corrected chi connectivity index (χ0v) is 10.9. The topological polar surface area (TPSA) is 83.5 Å². The van der Waals surface area contributed by atoms with Crippen LogP contribution in [0.2, 0.25) is 0 Å². The number of nitrogens with one attached hydrogen (secondary N) is 1. The van der Waals surface area contributed by atoms with Crippen molar-refractivity contribution in [2.75, 3.05) is 12.3 Å². The predicted octanol–water partition coefficient (Wildman–Crippen LogP) is 1.60. The summed E-state index contributed by atoms with van der Waals surface area (Å²) in [5, 5.41) is 1.66. The summed E-state index contributed by atoms with van der Waals surface area (Å²) in [6.07, 6.45) is -9.95. The number of halogens is 7. The molecule has 2 N–H and O–H groups in total. The van der Waals surface area contributed by atoms with Gasteiger partial charge >= 0.3 is 18.0 Å². The Kier molecular flexibility index (Phi) is 6.00. The molecule has 0 saturated heterocycles. The van der Waals surface area contributed by atoms with Crippen molar-refractivity contribution in [3.05, 3.63) is 0 Å². The average molecular weight is 349 g/mol. The molecule has 0 atom stereocenters. The van der Waals surface area contributed by atoms with Crippen LogP contribution in [0, 0.1) is 0 Å².